The zero-order chi connectivity index (χ0) is 15.5. The van der Waals surface area contributed by atoms with Crippen LogP contribution in [0.2, 0.25) is 0 Å². The molecule has 0 saturated heterocycles. The van der Waals surface area contributed by atoms with Gasteiger partial charge in [-0.2, -0.15) is 0 Å². The molecule has 0 radical (unpaired) electrons. The lowest BCUT2D eigenvalue weighted by Gasteiger charge is -2.15. The number of rotatable bonds is 11. The fourth-order valence-electron chi connectivity index (χ4n) is 1.68. The van der Waals surface area contributed by atoms with E-state index in [1.54, 1.807) is 7.11 Å². The molecule has 0 bridgehead atoms. The van der Waals surface area contributed by atoms with Crippen molar-refractivity contribution < 1.29 is 19.3 Å². The summed E-state index contributed by atoms with van der Waals surface area (Å²) >= 11 is 3.45. The van der Waals surface area contributed by atoms with Gasteiger partial charge in [-0.25, -0.2) is 0 Å². The second-order valence-corrected chi connectivity index (χ2v) is 5.48. The van der Waals surface area contributed by atoms with Gasteiger partial charge in [0.05, 0.1) is 19.8 Å². The van der Waals surface area contributed by atoms with Crippen molar-refractivity contribution in [2.45, 2.75) is 19.6 Å². The van der Waals surface area contributed by atoms with Crippen molar-refractivity contribution in [3.63, 3.8) is 0 Å². The van der Waals surface area contributed by atoms with Crippen molar-refractivity contribution in [3.8, 4) is 5.75 Å². The molecule has 0 fully saturated rings. The molecule has 0 heterocycles. The topological polar surface area (TPSA) is 60.0 Å². The van der Waals surface area contributed by atoms with Crippen LogP contribution < -0.4 is 10.1 Å². The first-order chi connectivity index (χ1) is 10.2. The van der Waals surface area contributed by atoms with E-state index < -0.39 is 6.10 Å². The molecule has 0 amide bonds. The molecule has 0 aromatic heterocycles. The minimum absolute atomic E-state index is 0.202. The van der Waals surface area contributed by atoms with Gasteiger partial charge in [-0.1, -0.05) is 22.9 Å². The standard InChI is InChI=1S/C15H24BrNO4/c1-3-17-9-12-8-13(16)4-5-15(12)21-11-14(18)10-20-7-6-19-2/h4-5,8,14,17-18H,3,6-7,9-11H2,1-2H3. The maximum absolute atomic E-state index is 9.82. The molecule has 0 saturated carbocycles. The number of aliphatic hydroxyl groups excluding tert-OH is 1. The van der Waals surface area contributed by atoms with Crippen molar-refractivity contribution >= 4 is 15.9 Å². The lowest BCUT2D eigenvalue weighted by atomic mass is 10.2. The zero-order valence-corrected chi connectivity index (χ0v) is 14.2. The average Bonchev–Trinajstić information content (AvgIpc) is 2.48. The molecule has 6 heteroatoms. The fourth-order valence-corrected chi connectivity index (χ4v) is 2.09. The summed E-state index contributed by atoms with van der Waals surface area (Å²) in [6.07, 6.45) is -0.655. The summed E-state index contributed by atoms with van der Waals surface area (Å²) in [5.41, 5.74) is 1.05. The summed E-state index contributed by atoms with van der Waals surface area (Å²) in [4.78, 5) is 0. The van der Waals surface area contributed by atoms with Crippen LogP contribution in [0.25, 0.3) is 0 Å². The molecule has 0 spiro atoms. The number of aliphatic hydroxyl groups is 1. The lowest BCUT2D eigenvalue weighted by molar-refractivity contribution is -0.00433. The van der Waals surface area contributed by atoms with E-state index in [1.807, 2.05) is 18.2 Å². The molecule has 0 aliphatic carbocycles. The van der Waals surface area contributed by atoms with Gasteiger partial charge in [-0.05, 0) is 24.7 Å². The Morgan fingerprint density at radius 1 is 1.29 bits per heavy atom. The van der Waals surface area contributed by atoms with Crippen LogP contribution >= 0.6 is 15.9 Å². The first-order valence-corrected chi connectivity index (χ1v) is 7.83. The Bertz CT molecular complexity index is 403. The van der Waals surface area contributed by atoms with Gasteiger partial charge in [0.2, 0.25) is 0 Å². The first kappa shape index (κ1) is 18.4. The van der Waals surface area contributed by atoms with Gasteiger partial charge in [0, 0.05) is 23.7 Å². The number of benzene rings is 1. The average molecular weight is 362 g/mol. The predicted octanol–water partition coefficient (Wildman–Crippen LogP) is 1.96. The Morgan fingerprint density at radius 3 is 2.81 bits per heavy atom. The number of halogens is 1. The van der Waals surface area contributed by atoms with Crippen molar-refractivity contribution in [1.29, 1.82) is 0 Å². The van der Waals surface area contributed by atoms with Gasteiger partial charge in [-0.15, -0.1) is 0 Å². The van der Waals surface area contributed by atoms with E-state index in [1.165, 1.54) is 0 Å². The smallest absolute Gasteiger partial charge is 0.124 e. The summed E-state index contributed by atoms with van der Waals surface area (Å²) in [5.74, 6) is 0.773. The van der Waals surface area contributed by atoms with E-state index >= 15 is 0 Å². The van der Waals surface area contributed by atoms with Gasteiger partial charge < -0.3 is 24.6 Å². The normalized spacial score (nSPS) is 12.4. The van der Waals surface area contributed by atoms with Crippen LogP contribution in [-0.4, -0.2) is 51.3 Å². The molecule has 0 aliphatic heterocycles. The second kappa shape index (κ2) is 11.0. The number of methoxy groups -OCH3 is 1. The van der Waals surface area contributed by atoms with Crippen LogP contribution in [0, 0.1) is 0 Å². The van der Waals surface area contributed by atoms with E-state index in [0.717, 1.165) is 28.9 Å². The van der Waals surface area contributed by atoms with Crippen molar-refractivity contribution in [2.75, 3.05) is 40.1 Å². The van der Waals surface area contributed by atoms with Gasteiger partial charge in [0.25, 0.3) is 0 Å². The third-order valence-electron chi connectivity index (χ3n) is 2.76. The van der Waals surface area contributed by atoms with Gasteiger partial charge in [0.15, 0.2) is 0 Å². The van der Waals surface area contributed by atoms with Crippen LogP contribution in [0.4, 0.5) is 0 Å². The maximum atomic E-state index is 9.82. The van der Waals surface area contributed by atoms with E-state index in [9.17, 15) is 5.11 Å². The summed E-state index contributed by atoms with van der Waals surface area (Å²) in [7, 11) is 1.61. The van der Waals surface area contributed by atoms with Gasteiger partial charge in [-0.3, -0.25) is 0 Å². The van der Waals surface area contributed by atoms with Crippen LogP contribution in [0.1, 0.15) is 12.5 Å². The summed E-state index contributed by atoms with van der Waals surface area (Å²) < 4.78 is 16.8. The molecule has 1 aromatic carbocycles. The minimum atomic E-state index is -0.655. The van der Waals surface area contributed by atoms with E-state index in [4.69, 9.17) is 14.2 Å². The quantitative estimate of drug-likeness (QED) is 0.590. The van der Waals surface area contributed by atoms with Crippen LogP contribution in [0.5, 0.6) is 5.75 Å². The van der Waals surface area contributed by atoms with E-state index in [2.05, 4.69) is 28.2 Å². The van der Waals surface area contributed by atoms with Crippen molar-refractivity contribution in [1.82, 2.24) is 5.32 Å². The molecule has 120 valence electrons. The highest BCUT2D eigenvalue weighted by Crippen LogP contribution is 2.23. The first-order valence-electron chi connectivity index (χ1n) is 7.04. The highest BCUT2D eigenvalue weighted by Gasteiger charge is 2.09. The number of ether oxygens (including phenoxy) is 3. The molecule has 1 rings (SSSR count). The Hall–Kier alpha value is -0.660. The Kier molecular flexibility index (Phi) is 9.62. The number of hydrogen-bond donors (Lipinski definition) is 2. The third-order valence-corrected chi connectivity index (χ3v) is 3.25. The molecule has 1 atom stereocenters. The van der Waals surface area contributed by atoms with E-state index in [0.29, 0.717) is 13.2 Å². The van der Waals surface area contributed by atoms with E-state index in [-0.39, 0.29) is 13.2 Å². The maximum Gasteiger partial charge on any atom is 0.124 e. The summed E-state index contributed by atoms with van der Waals surface area (Å²) in [6.45, 7) is 5.11. The Morgan fingerprint density at radius 2 is 2.10 bits per heavy atom. The number of nitrogens with one attached hydrogen (secondary N) is 1. The molecule has 5 nitrogen and oxygen atoms in total. The Balaban J connectivity index is 2.42. The molecule has 0 aliphatic rings. The van der Waals surface area contributed by atoms with Crippen LogP contribution in [0.15, 0.2) is 22.7 Å². The van der Waals surface area contributed by atoms with Gasteiger partial charge >= 0.3 is 0 Å². The summed E-state index contributed by atoms with van der Waals surface area (Å²) in [5, 5.41) is 13.1. The Labute approximate surface area is 134 Å². The van der Waals surface area contributed by atoms with Crippen molar-refractivity contribution in [2.24, 2.45) is 0 Å². The number of hydrogen-bond acceptors (Lipinski definition) is 5. The fraction of sp³-hybridized carbons (Fsp3) is 0.600. The highest BCUT2D eigenvalue weighted by molar-refractivity contribution is 9.10. The molecule has 2 N–H and O–H groups in total. The zero-order valence-electron chi connectivity index (χ0n) is 12.6. The largest absolute Gasteiger partial charge is 0.490 e. The molecular weight excluding hydrogens is 338 g/mol. The molecule has 1 unspecified atom stereocenters. The third kappa shape index (κ3) is 7.78. The highest BCUT2D eigenvalue weighted by atomic mass is 79.9. The molecular formula is C15H24BrNO4. The monoisotopic (exact) mass is 361 g/mol. The lowest BCUT2D eigenvalue weighted by Crippen LogP contribution is -2.25. The van der Waals surface area contributed by atoms with Crippen LogP contribution in [0.3, 0.4) is 0 Å². The van der Waals surface area contributed by atoms with Crippen molar-refractivity contribution in [3.05, 3.63) is 28.2 Å². The van der Waals surface area contributed by atoms with Crippen LogP contribution in [-0.2, 0) is 16.0 Å². The minimum Gasteiger partial charge on any atom is -0.490 e. The predicted molar refractivity (Wildman–Crippen MR) is 85.7 cm³/mol. The van der Waals surface area contributed by atoms with Gasteiger partial charge in [0.1, 0.15) is 18.5 Å². The summed E-state index contributed by atoms with van der Waals surface area (Å²) in [6, 6.07) is 5.83. The SMILES string of the molecule is CCNCc1cc(Br)ccc1OCC(O)COCCOC. The molecule has 21 heavy (non-hydrogen) atoms. The second-order valence-electron chi connectivity index (χ2n) is 4.56. The molecule has 1 aromatic rings.